The Morgan fingerprint density at radius 2 is 2.06 bits per heavy atom. The van der Waals surface area contributed by atoms with Crippen LogP contribution in [0.5, 0.6) is 0 Å². The highest BCUT2D eigenvalue weighted by atomic mass is 79.9. The first-order chi connectivity index (χ1) is 7.65. The third-order valence-electron chi connectivity index (χ3n) is 2.62. The largest absolute Gasteiger partial charge is 0.358 e. The maximum Gasteiger partial charge on any atom is 0.157 e. The molecular weight excluding hydrogens is 266 g/mol. The van der Waals surface area contributed by atoms with E-state index in [0.717, 1.165) is 22.3 Å². The molecule has 0 bridgehead atoms. The monoisotopic (exact) mass is 279 g/mol. The molecule has 3 heteroatoms. The highest BCUT2D eigenvalue weighted by Crippen LogP contribution is 2.27. The molecule has 0 amide bonds. The summed E-state index contributed by atoms with van der Waals surface area (Å²) in [7, 11) is 0. The molecule has 0 saturated heterocycles. The predicted molar refractivity (Wildman–Crippen MR) is 69.3 cm³/mol. The molecule has 0 radical (unpaired) electrons. The summed E-state index contributed by atoms with van der Waals surface area (Å²) in [6.45, 7) is 2.10. The Balaban J connectivity index is 2.16. The Bertz CT molecular complexity index is 439. The lowest BCUT2D eigenvalue weighted by Crippen LogP contribution is -2.15. The number of hydrogen-bond donors (Lipinski definition) is 1. The molecule has 0 aliphatic heterocycles. The quantitative estimate of drug-likeness (QED) is 0.894. The van der Waals surface area contributed by atoms with Gasteiger partial charge >= 0.3 is 0 Å². The van der Waals surface area contributed by atoms with E-state index in [0.29, 0.717) is 12.3 Å². The number of allylic oxidation sites excluding steroid dienone is 2. The number of anilines is 1. The van der Waals surface area contributed by atoms with Gasteiger partial charge in [0.05, 0.1) is 5.69 Å². The van der Waals surface area contributed by atoms with Gasteiger partial charge in [-0.15, -0.1) is 0 Å². The zero-order valence-corrected chi connectivity index (χ0v) is 10.8. The molecule has 1 aromatic rings. The molecule has 0 unspecified atom stereocenters. The van der Waals surface area contributed by atoms with Crippen molar-refractivity contribution in [2.24, 2.45) is 5.92 Å². The van der Waals surface area contributed by atoms with Gasteiger partial charge in [-0.25, -0.2) is 0 Å². The van der Waals surface area contributed by atoms with Gasteiger partial charge in [-0.2, -0.15) is 0 Å². The molecule has 0 spiro atoms. The van der Waals surface area contributed by atoms with Crippen LogP contribution in [0.2, 0.25) is 0 Å². The lowest BCUT2D eigenvalue weighted by Gasteiger charge is -2.20. The minimum atomic E-state index is 0.216. The summed E-state index contributed by atoms with van der Waals surface area (Å²) in [5, 5.41) is 3.30. The van der Waals surface area contributed by atoms with Crippen LogP contribution in [0.15, 0.2) is 40.5 Å². The van der Waals surface area contributed by atoms with Crippen molar-refractivity contribution in [3.63, 3.8) is 0 Å². The third-order valence-corrected chi connectivity index (χ3v) is 3.31. The predicted octanol–water partition coefficient (Wildman–Crippen LogP) is 3.74. The third kappa shape index (κ3) is 2.73. The number of carbonyl (C=O) groups is 1. The SMILES string of the molecule is C[C@H]1CC(=O)C=C(Nc2ccccc2Br)C1. The first kappa shape index (κ1) is 11.4. The van der Waals surface area contributed by atoms with Crippen LogP contribution in [0.4, 0.5) is 5.69 Å². The molecule has 0 aromatic heterocycles. The van der Waals surface area contributed by atoms with E-state index in [9.17, 15) is 4.79 Å². The van der Waals surface area contributed by atoms with Gasteiger partial charge < -0.3 is 5.32 Å². The van der Waals surface area contributed by atoms with Gasteiger partial charge in [-0.05, 0) is 40.4 Å². The summed E-state index contributed by atoms with van der Waals surface area (Å²) in [4.78, 5) is 11.4. The Morgan fingerprint density at radius 1 is 1.31 bits per heavy atom. The van der Waals surface area contributed by atoms with Gasteiger partial charge in [0, 0.05) is 22.7 Å². The van der Waals surface area contributed by atoms with Crippen molar-refractivity contribution in [1.82, 2.24) is 0 Å². The van der Waals surface area contributed by atoms with Crippen LogP contribution in [0.3, 0.4) is 0 Å². The molecule has 0 heterocycles. The fourth-order valence-electron chi connectivity index (χ4n) is 1.93. The normalized spacial score (nSPS) is 20.5. The number of para-hydroxylation sites is 1. The molecule has 1 aromatic carbocycles. The van der Waals surface area contributed by atoms with Gasteiger partial charge in [0.2, 0.25) is 0 Å². The van der Waals surface area contributed by atoms with Gasteiger partial charge in [0.25, 0.3) is 0 Å². The van der Waals surface area contributed by atoms with E-state index in [4.69, 9.17) is 0 Å². The average Bonchev–Trinajstić information content (AvgIpc) is 2.20. The van der Waals surface area contributed by atoms with Crippen molar-refractivity contribution in [3.05, 3.63) is 40.5 Å². The Labute approximate surface area is 104 Å². The first-order valence-corrected chi connectivity index (χ1v) is 6.19. The minimum absolute atomic E-state index is 0.216. The molecule has 2 nitrogen and oxygen atoms in total. The molecule has 0 saturated carbocycles. The van der Waals surface area contributed by atoms with Crippen molar-refractivity contribution in [3.8, 4) is 0 Å². The van der Waals surface area contributed by atoms with Crippen molar-refractivity contribution in [2.45, 2.75) is 19.8 Å². The molecule has 16 heavy (non-hydrogen) atoms. The maximum atomic E-state index is 11.4. The minimum Gasteiger partial charge on any atom is -0.358 e. The standard InChI is InChI=1S/C13H14BrNO/c1-9-6-10(8-11(16)7-9)15-13-5-3-2-4-12(13)14/h2-5,8-9,15H,6-7H2,1H3/t9-/m1/s1. The van der Waals surface area contributed by atoms with E-state index in [1.165, 1.54) is 0 Å². The number of benzene rings is 1. The first-order valence-electron chi connectivity index (χ1n) is 5.40. The number of halogens is 1. The Morgan fingerprint density at radius 3 is 2.75 bits per heavy atom. The maximum absolute atomic E-state index is 11.4. The topological polar surface area (TPSA) is 29.1 Å². The van der Waals surface area contributed by atoms with E-state index in [2.05, 4.69) is 28.2 Å². The van der Waals surface area contributed by atoms with Crippen molar-refractivity contribution in [2.75, 3.05) is 5.32 Å². The van der Waals surface area contributed by atoms with Gasteiger partial charge in [-0.1, -0.05) is 19.1 Å². The Kier molecular flexibility index (Phi) is 3.44. The molecule has 1 aliphatic carbocycles. The van der Waals surface area contributed by atoms with Crippen molar-refractivity contribution >= 4 is 27.4 Å². The van der Waals surface area contributed by atoms with Gasteiger partial charge in [0.1, 0.15) is 0 Å². The second-order valence-electron chi connectivity index (χ2n) is 4.25. The molecule has 1 atom stereocenters. The zero-order valence-electron chi connectivity index (χ0n) is 9.16. The van der Waals surface area contributed by atoms with Crippen LogP contribution < -0.4 is 5.32 Å². The molecule has 1 aliphatic rings. The van der Waals surface area contributed by atoms with Crippen LogP contribution in [0.25, 0.3) is 0 Å². The molecule has 0 fully saturated rings. The Hall–Kier alpha value is -1.09. The number of rotatable bonds is 2. The van der Waals surface area contributed by atoms with E-state index in [1.807, 2.05) is 24.3 Å². The van der Waals surface area contributed by atoms with Crippen LogP contribution in [-0.2, 0) is 4.79 Å². The van der Waals surface area contributed by atoms with Gasteiger partial charge in [-0.3, -0.25) is 4.79 Å². The molecule has 84 valence electrons. The summed E-state index contributed by atoms with van der Waals surface area (Å²) in [5.41, 5.74) is 2.02. The van der Waals surface area contributed by atoms with E-state index in [1.54, 1.807) is 6.08 Å². The van der Waals surface area contributed by atoms with Crippen LogP contribution in [0, 0.1) is 5.92 Å². The summed E-state index contributed by atoms with van der Waals surface area (Å²) in [6.07, 6.45) is 3.33. The van der Waals surface area contributed by atoms with Gasteiger partial charge in [0.15, 0.2) is 5.78 Å². The number of hydrogen-bond acceptors (Lipinski definition) is 2. The van der Waals surface area contributed by atoms with Crippen molar-refractivity contribution in [1.29, 1.82) is 0 Å². The number of nitrogens with one attached hydrogen (secondary N) is 1. The average molecular weight is 280 g/mol. The van der Waals surface area contributed by atoms with E-state index < -0.39 is 0 Å². The van der Waals surface area contributed by atoms with Crippen molar-refractivity contribution < 1.29 is 4.79 Å². The lowest BCUT2D eigenvalue weighted by molar-refractivity contribution is -0.115. The summed E-state index contributed by atoms with van der Waals surface area (Å²) in [6, 6.07) is 7.92. The second-order valence-corrected chi connectivity index (χ2v) is 5.11. The zero-order chi connectivity index (χ0) is 11.5. The van der Waals surface area contributed by atoms with Crippen LogP contribution in [0.1, 0.15) is 19.8 Å². The van der Waals surface area contributed by atoms with Crippen LogP contribution in [-0.4, -0.2) is 5.78 Å². The molecule has 2 rings (SSSR count). The summed E-state index contributed by atoms with van der Waals surface area (Å²) >= 11 is 3.48. The summed E-state index contributed by atoms with van der Waals surface area (Å²) < 4.78 is 1.02. The van der Waals surface area contributed by atoms with E-state index >= 15 is 0 Å². The number of carbonyl (C=O) groups excluding carboxylic acids is 1. The highest BCUT2D eigenvalue weighted by molar-refractivity contribution is 9.10. The molecular formula is C13H14BrNO. The lowest BCUT2D eigenvalue weighted by atomic mass is 9.93. The highest BCUT2D eigenvalue weighted by Gasteiger charge is 2.17. The van der Waals surface area contributed by atoms with E-state index in [-0.39, 0.29) is 5.78 Å². The second kappa shape index (κ2) is 4.83. The smallest absolute Gasteiger partial charge is 0.157 e. The summed E-state index contributed by atoms with van der Waals surface area (Å²) in [5.74, 6) is 0.649. The molecule has 1 N–H and O–H groups in total. The fraction of sp³-hybridized carbons (Fsp3) is 0.308. The number of ketones is 1. The fourth-order valence-corrected chi connectivity index (χ4v) is 2.31. The van der Waals surface area contributed by atoms with Crippen LogP contribution >= 0.6 is 15.9 Å².